The third-order valence-corrected chi connectivity index (χ3v) is 16.6. The zero-order valence-corrected chi connectivity index (χ0v) is 42.8. The van der Waals surface area contributed by atoms with Crippen LogP contribution in [-0.4, -0.2) is 0 Å². The van der Waals surface area contributed by atoms with Crippen LogP contribution in [0.5, 0.6) is 0 Å². The molecule has 17 rings (SSSR count). The van der Waals surface area contributed by atoms with E-state index in [9.17, 15) is 15.1 Å². The number of hydrogen-bond acceptors (Lipinski definition) is 2. The van der Waals surface area contributed by atoms with Crippen molar-refractivity contribution in [3.05, 3.63) is 290 Å². The second-order valence-corrected chi connectivity index (χ2v) is 20.8. The molecule has 0 amide bonds. The van der Waals surface area contributed by atoms with E-state index in [4.69, 9.17) is 26.0 Å². The van der Waals surface area contributed by atoms with Crippen molar-refractivity contribution in [3.63, 3.8) is 0 Å². The lowest BCUT2D eigenvalue weighted by Gasteiger charge is -2.19. The summed E-state index contributed by atoms with van der Waals surface area (Å²) < 4.78 is 269. The van der Waals surface area contributed by atoms with Crippen LogP contribution >= 0.6 is 22.7 Å². The van der Waals surface area contributed by atoms with E-state index >= 15 is 0 Å². The Bertz CT molecular complexity index is 6970. The van der Waals surface area contributed by atoms with E-state index < -0.39 is 212 Å². The topological polar surface area (TPSA) is 0 Å². The van der Waals surface area contributed by atoms with Gasteiger partial charge < -0.3 is 0 Å². The highest BCUT2D eigenvalue weighted by molar-refractivity contribution is 7.26. The van der Waals surface area contributed by atoms with Crippen molar-refractivity contribution in [2.45, 2.75) is 0 Å². The first-order valence-corrected chi connectivity index (χ1v) is 26.7. The summed E-state index contributed by atoms with van der Waals surface area (Å²) in [6, 6.07) is 15.7. The van der Waals surface area contributed by atoms with Crippen molar-refractivity contribution in [3.8, 4) is 55.6 Å². The summed E-state index contributed by atoms with van der Waals surface area (Å²) in [5.41, 5.74) is 1.47. The summed E-state index contributed by atoms with van der Waals surface area (Å²) in [5.74, 6) is 0. The van der Waals surface area contributed by atoms with Crippen molar-refractivity contribution >= 4 is 128 Å². The summed E-state index contributed by atoms with van der Waals surface area (Å²) in [5, 5.41) is 0.954. The Balaban J connectivity index is 0.000000169. The standard InChI is InChI=1S/C42H26S.C36H22S/c1-2-12-31-28(10-1)11-9-18-33(31)42-36-16-5-3-14-34(36)41(35-15-4-6-17-37(35)42)29-22-20-27(21-23-29)30-24-25-40-38(26-30)32-13-7-8-19-39(32)43-40;1-2-12-25-23(10-1)11-9-18-27(25)36-30-16-5-3-14-28(30)35(29-15-4-6-17-31(29)36)24-20-21-34-32(22-24)26-13-7-8-19-33(26)37-34/h1-26H;1-22H/i3D,4D,5D,6D,14D,15D,16D,17D;1D,2D,3D,4D,5D,6D,7D,8D,9D,10D,11D,12D,13D,14D,15D,16D,17D,18D,19D,20D,21D,22D. The van der Waals surface area contributed by atoms with Crippen molar-refractivity contribution in [1.82, 2.24) is 0 Å². The fourth-order valence-corrected chi connectivity index (χ4v) is 12.9. The lowest BCUT2D eigenvalue weighted by atomic mass is 9.84. The van der Waals surface area contributed by atoms with Gasteiger partial charge in [-0.3, -0.25) is 0 Å². The summed E-state index contributed by atoms with van der Waals surface area (Å²) >= 11 is 2.48. The minimum atomic E-state index is -0.899. The Labute approximate surface area is 513 Å². The smallest absolute Gasteiger partial charge is 0.0638 e. The zero-order chi connectivity index (χ0) is 78.8. The summed E-state index contributed by atoms with van der Waals surface area (Å²) in [6.45, 7) is 0. The molecule has 0 saturated carbocycles. The fraction of sp³-hybridized carbons (Fsp3) is 0. The van der Waals surface area contributed by atoms with Crippen LogP contribution in [-0.2, 0) is 0 Å². The number of benzene rings is 15. The van der Waals surface area contributed by atoms with Gasteiger partial charge in [0.05, 0.1) is 41.1 Å². The normalized spacial score (nSPS) is 17.0. The molecule has 0 aliphatic rings. The highest BCUT2D eigenvalue weighted by Gasteiger charge is 2.21. The van der Waals surface area contributed by atoms with E-state index in [0.717, 1.165) is 33.2 Å². The molecule has 0 unspecified atom stereocenters. The Hall–Kier alpha value is -9.70. The molecule has 0 bridgehead atoms. The maximum absolute atomic E-state index is 9.61. The van der Waals surface area contributed by atoms with E-state index in [0.29, 0.717) is 22.3 Å². The molecule has 80 heavy (non-hydrogen) atoms. The molecule has 372 valence electrons. The molecule has 0 fully saturated rings. The average Bonchev–Trinajstić information content (AvgIpc) is 0.940. The zero-order valence-electron chi connectivity index (χ0n) is 71.2. The van der Waals surface area contributed by atoms with Gasteiger partial charge in [0.15, 0.2) is 0 Å². The van der Waals surface area contributed by atoms with E-state index in [1.807, 2.05) is 78.9 Å². The van der Waals surface area contributed by atoms with Gasteiger partial charge in [-0.25, -0.2) is 0 Å². The number of hydrogen-bond donors (Lipinski definition) is 0. The molecule has 2 heteroatoms. The van der Waals surface area contributed by atoms with Gasteiger partial charge in [-0.2, -0.15) is 0 Å². The third kappa shape index (κ3) is 7.56. The molecule has 2 heterocycles. The first kappa shape index (κ1) is 25.4. The van der Waals surface area contributed by atoms with Crippen LogP contribution in [0.4, 0.5) is 0 Å². The molecule has 0 spiro atoms. The molecular weight excluding hydrogens is 1000 g/mol. The monoisotopic (exact) mass is 1080 g/mol. The highest BCUT2D eigenvalue weighted by atomic mass is 32.1. The first-order chi connectivity index (χ1) is 52.2. The first-order valence-electron chi connectivity index (χ1n) is 40.0. The molecule has 0 N–H and O–H groups in total. The van der Waals surface area contributed by atoms with Gasteiger partial charge in [0.1, 0.15) is 0 Å². The maximum atomic E-state index is 9.61. The van der Waals surface area contributed by atoms with E-state index in [1.165, 1.54) is 20.2 Å². The summed E-state index contributed by atoms with van der Waals surface area (Å²) in [6.07, 6.45) is 0. The molecule has 0 nitrogen and oxygen atoms in total. The third-order valence-electron chi connectivity index (χ3n) is 14.4. The van der Waals surface area contributed by atoms with Gasteiger partial charge in [0.2, 0.25) is 0 Å². The molecule has 17 aromatic rings. The second kappa shape index (κ2) is 19.0. The molecule has 0 saturated heterocycles. The number of rotatable bonds is 5. The highest BCUT2D eigenvalue weighted by Crippen LogP contribution is 2.48. The van der Waals surface area contributed by atoms with Gasteiger partial charge in [-0.1, -0.05) is 254 Å². The molecule has 0 radical (unpaired) electrons. The predicted molar refractivity (Wildman–Crippen MR) is 351 cm³/mol. The Morgan fingerprint density at radius 3 is 1.39 bits per heavy atom. The van der Waals surface area contributed by atoms with E-state index in [-0.39, 0.29) is 65.9 Å². The maximum Gasteiger partial charge on any atom is 0.0638 e. The minimum absolute atomic E-state index is 0.0538. The van der Waals surface area contributed by atoms with E-state index in [2.05, 4.69) is 30.3 Å². The van der Waals surface area contributed by atoms with Gasteiger partial charge in [0.25, 0.3) is 0 Å². The Kier molecular flexibility index (Phi) is 6.04. The summed E-state index contributed by atoms with van der Waals surface area (Å²) in [4.78, 5) is 0. The van der Waals surface area contributed by atoms with Crippen LogP contribution in [0.3, 0.4) is 0 Å². The van der Waals surface area contributed by atoms with Crippen LogP contribution in [0, 0.1) is 0 Å². The summed E-state index contributed by atoms with van der Waals surface area (Å²) in [7, 11) is 0. The van der Waals surface area contributed by atoms with Crippen LogP contribution in [0.25, 0.3) is 161 Å². The lowest BCUT2D eigenvalue weighted by Crippen LogP contribution is -1.91. The van der Waals surface area contributed by atoms with Gasteiger partial charge in [0, 0.05) is 40.3 Å². The van der Waals surface area contributed by atoms with Crippen LogP contribution in [0.1, 0.15) is 41.1 Å². The van der Waals surface area contributed by atoms with Crippen LogP contribution in [0.2, 0.25) is 0 Å². The lowest BCUT2D eigenvalue weighted by molar-refractivity contribution is 1.64. The molecule has 0 aliphatic carbocycles. The Morgan fingerprint density at radius 1 is 0.225 bits per heavy atom. The SMILES string of the molecule is [2H]c1c([2H])c([2H])c2c(-c3cccc4ccccc34)c3c([2H])c([2H])c([2H])c([2H])c3c(-c3ccc(-c4ccc5sc6ccccc6c5c4)cc3)c2c1[2H].[2H]c1c([2H])c([2H])c2c(sc3c([2H])c([2H])c(-c4c5c([2H])c([2H])c([2H])c([2H])c5c(-c5c([2H])c([2H])c([2H])c6c([2H])c([2H])c([2H])c([2H])c56)c5c([2H])c([2H])c([2H])c([2H])c45)c([2H])c32)c1[2H]. The van der Waals surface area contributed by atoms with Gasteiger partial charge in [-0.15, -0.1) is 22.7 Å². The van der Waals surface area contributed by atoms with Crippen molar-refractivity contribution in [2.75, 3.05) is 0 Å². The number of fused-ring (bicyclic) bond motifs is 12. The van der Waals surface area contributed by atoms with Gasteiger partial charge >= 0.3 is 0 Å². The second-order valence-electron chi connectivity index (χ2n) is 18.7. The van der Waals surface area contributed by atoms with Crippen molar-refractivity contribution in [2.24, 2.45) is 0 Å². The fourth-order valence-electron chi connectivity index (χ4n) is 10.9. The van der Waals surface area contributed by atoms with E-state index in [1.54, 1.807) is 11.3 Å². The average molecular weight is 1080 g/mol. The molecule has 0 atom stereocenters. The van der Waals surface area contributed by atoms with Crippen molar-refractivity contribution in [1.29, 1.82) is 0 Å². The largest absolute Gasteiger partial charge is 0.135 e. The predicted octanol–water partition coefficient (Wildman–Crippen LogP) is 23.4. The molecule has 15 aromatic carbocycles. The van der Waals surface area contributed by atoms with Crippen molar-refractivity contribution < 1.29 is 41.1 Å². The van der Waals surface area contributed by atoms with Crippen LogP contribution in [0.15, 0.2) is 290 Å². The number of thiophene rings is 2. The molecule has 2 aromatic heterocycles. The van der Waals surface area contributed by atoms with Gasteiger partial charge in [-0.05, 0) is 157 Å². The molecular formula is C78H48S2. The molecule has 0 aliphatic heterocycles. The minimum Gasteiger partial charge on any atom is -0.135 e. The van der Waals surface area contributed by atoms with Crippen LogP contribution < -0.4 is 0 Å². The Morgan fingerprint density at radius 2 is 0.700 bits per heavy atom. The quantitative estimate of drug-likeness (QED) is 0.151.